The molecule has 0 saturated heterocycles. The van der Waals surface area contributed by atoms with Gasteiger partial charge in [-0.05, 0) is 93.0 Å². The summed E-state index contributed by atoms with van der Waals surface area (Å²) in [7, 11) is 0. The first-order valence-electron chi connectivity index (χ1n) is 19.3. The van der Waals surface area contributed by atoms with E-state index in [9.17, 15) is 0 Å². The summed E-state index contributed by atoms with van der Waals surface area (Å²) in [6, 6.07) is 79.4. The number of hydrogen-bond donors (Lipinski definition) is 0. The third kappa shape index (κ3) is 5.34. The van der Waals surface area contributed by atoms with E-state index in [1.165, 1.54) is 88.1 Å². The Morgan fingerprint density at radius 2 is 0.518 bits per heavy atom. The smallest absolute Gasteiger partial charge is 0.0548 e. The van der Waals surface area contributed by atoms with Gasteiger partial charge in [0.2, 0.25) is 0 Å². The molecule has 2 heterocycles. The molecule has 2 nitrogen and oxygen atoms in total. The summed E-state index contributed by atoms with van der Waals surface area (Å²) in [4.78, 5) is 0. The van der Waals surface area contributed by atoms with Gasteiger partial charge in [-0.2, -0.15) is 0 Å². The SMILES string of the molecule is c1ccc(-c2ccc(-c3cccc(-n4c5ccccc5c5cc6c(cc54)c4ccccc4n6-c4cccc(-c5ccc(-c6ccccc6)cc5)c4)c3)cc2)cc1. The van der Waals surface area contributed by atoms with E-state index in [4.69, 9.17) is 0 Å². The Bertz CT molecular complexity index is 2980. The van der Waals surface area contributed by atoms with Crippen molar-refractivity contribution in [3.8, 4) is 55.9 Å². The lowest BCUT2D eigenvalue weighted by Gasteiger charge is -2.12. The van der Waals surface area contributed by atoms with E-state index in [1.54, 1.807) is 0 Å². The standard InChI is InChI=1S/C54H36N2/c1-3-13-37(14-4-1)39-25-29-41(30-26-39)43-17-11-19-45(33-43)55-51-23-9-7-21-47(51)49-36-54-50(35-53(49)55)48-22-8-10-24-52(48)56(54)46-20-12-18-44(34-46)42-31-27-40(28-32-42)38-15-5-2-6-16-38/h1-36H. The first kappa shape index (κ1) is 32.0. The fraction of sp³-hybridized carbons (Fsp3) is 0. The van der Waals surface area contributed by atoms with Crippen molar-refractivity contribution in [3.63, 3.8) is 0 Å². The van der Waals surface area contributed by atoms with Crippen molar-refractivity contribution in [1.29, 1.82) is 0 Å². The predicted octanol–water partition coefficient (Wildman–Crippen LogP) is 14.5. The fourth-order valence-corrected chi connectivity index (χ4v) is 8.61. The van der Waals surface area contributed by atoms with Crippen LogP contribution in [0.15, 0.2) is 218 Å². The summed E-state index contributed by atoms with van der Waals surface area (Å²) in [5.74, 6) is 0. The highest BCUT2D eigenvalue weighted by atomic mass is 15.0. The van der Waals surface area contributed by atoms with Crippen LogP contribution in [0.1, 0.15) is 0 Å². The van der Waals surface area contributed by atoms with Crippen LogP contribution in [0.2, 0.25) is 0 Å². The molecular weight excluding hydrogens is 677 g/mol. The molecule has 0 radical (unpaired) electrons. The largest absolute Gasteiger partial charge is 0.309 e. The first-order chi connectivity index (χ1) is 27.8. The van der Waals surface area contributed by atoms with Gasteiger partial charge < -0.3 is 9.13 Å². The summed E-state index contributed by atoms with van der Waals surface area (Å²) in [6.07, 6.45) is 0. The van der Waals surface area contributed by atoms with Crippen molar-refractivity contribution in [2.75, 3.05) is 0 Å². The molecule has 0 saturated carbocycles. The monoisotopic (exact) mass is 712 g/mol. The number of hydrogen-bond acceptors (Lipinski definition) is 0. The minimum absolute atomic E-state index is 1.15. The fourth-order valence-electron chi connectivity index (χ4n) is 8.61. The number of rotatable bonds is 6. The normalized spacial score (nSPS) is 11.6. The quantitative estimate of drug-likeness (QED) is 0.162. The Morgan fingerprint density at radius 1 is 0.196 bits per heavy atom. The molecule has 11 rings (SSSR count). The molecular formula is C54H36N2. The Labute approximate surface area is 325 Å². The lowest BCUT2D eigenvalue weighted by molar-refractivity contribution is 1.17. The van der Waals surface area contributed by atoms with E-state index in [0.29, 0.717) is 0 Å². The van der Waals surface area contributed by atoms with Crippen molar-refractivity contribution in [1.82, 2.24) is 9.13 Å². The van der Waals surface area contributed by atoms with Gasteiger partial charge in [-0.25, -0.2) is 0 Å². The number of fused-ring (bicyclic) bond motifs is 6. The van der Waals surface area contributed by atoms with Crippen molar-refractivity contribution in [2.45, 2.75) is 0 Å². The van der Waals surface area contributed by atoms with Gasteiger partial charge in [0.25, 0.3) is 0 Å². The number of para-hydroxylation sites is 2. The minimum atomic E-state index is 1.15. The summed E-state index contributed by atoms with van der Waals surface area (Å²) in [5.41, 5.74) is 16.8. The highest BCUT2D eigenvalue weighted by Gasteiger charge is 2.19. The molecule has 0 bridgehead atoms. The zero-order valence-electron chi connectivity index (χ0n) is 30.7. The highest BCUT2D eigenvalue weighted by Crippen LogP contribution is 2.40. The van der Waals surface area contributed by atoms with E-state index >= 15 is 0 Å². The van der Waals surface area contributed by atoms with Crippen LogP contribution >= 0.6 is 0 Å². The average molecular weight is 713 g/mol. The van der Waals surface area contributed by atoms with Gasteiger partial charge in [-0.15, -0.1) is 0 Å². The average Bonchev–Trinajstić information content (AvgIpc) is 3.78. The summed E-state index contributed by atoms with van der Waals surface area (Å²) >= 11 is 0. The Hall–Kier alpha value is -7.42. The van der Waals surface area contributed by atoms with E-state index in [-0.39, 0.29) is 0 Å². The van der Waals surface area contributed by atoms with Gasteiger partial charge in [0.15, 0.2) is 0 Å². The molecule has 0 atom stereocenters. The maximum absolute atomic E-state index is 2.44. The van der Waals surface area contributed by atoms with Gasteiger partial charge in [0.1, 0.15) is 0 Å². The molecule has 0 amide bonds. The van der Waals surface area contributed by atoms with Crippen molar-refractivity contribution >= 4 is 43.6 Å². The Balaban J connectivity index is 1.05. The lowest BCUT2D eigenvalue weighted by atomic mass is 10.00. The van der Waals surface area contributed by atoms with Crippen molar-refractivity contribution in [3.05, 3.63) is 218 Å². The second-order valence-corrected chi connectivity index (χ2v) is 14.6. The molecule has 0 unspecified atom stereocenters. The van der Waals surface area contributed by atoms with Crippen LogP contribution in [0, 0.1) is 0 Å². The molecule has 2 heteroatoms. The molecule has 56 heavy (non-hydrogen) atoms. The first-order valence-corrected chi connectivity index (χ1v) is 19.3. The van der Waals surface area contributed by atoms with Gasteiger partial charge >= 0.3 is 0 Å². The van der Waals surface area contributed by atoms with E-state index in [0.717, 1.165) is 11.4 Å². The highest BCUT2D eigenvalue weighted by molar-refractivity contribution is 6.19. The van der Waals surface area contributed by atoms with Crippen molar-refractivity contribution < 1.29 is 0 Å². The minimum Gasteiger partial charge on any atom is -0.309 e. The van der Waals surface area contributed by atoms with Gasteiger partial charge in [-0.3, -0.25) is 0 Å². The molecule has 0 N–H and O–H groups in total. The Morgan fingerprint density at radius 3 is 0.929 bits per heavy atom. The molecule has 0 fully saturated rings. The van der Waals surface area contributed by atoms with Crippen LogP contribution in [0.25, 0.3) is 99.5 Å². The van der Waals surface area contributed by atoms with Crippen LogP contribution in [-0.2, 0) is 0 Å². The molecule has 9 aromatic carbocycles. The molecule has 2 aromatic heterocycles. The topological polar surface area (TPSA) is 9.86 Å². The lowest BCUT2D eigenvalue weighted by Crippen LogP contribution is -1.95. The van der Waals surface area contributed by atoms with Crippen LogP contribution in [-0.4, -0.2) is 9.13 Å². The third-order valence-corrected chi connectivity index (χ3v) is 11.3. The molecule has 262 valence electrons. The van der Waals surface area contributed by atoms with Gasteiger partial charge in [0.05, 0.1) is 22.1 Å². The predicted molar refractivity (Wildman–Crippen MR) is 237 cm³/mol. The maximum Gasteiger partial charge on any atom is 0.0548 e. The van der Waals surface area contributed by atoms with Gasteiger partial charge in [-0.1, -0.05) is 170 Å². The third-order valence-electron chi connectivity index (χ3n) is 11.3. The van der Waals surface area contributed by atoms with E-state index in [1.807, 2.05) is 0 Å². The maximum atomic E-state index is 2.44. The summed E-state index contributed by atoms with van der Waals surface area (Å²) < 4.78 is 4.88. The molecule has 11 aromatic rings. The number of aromatic nitrogens is 2. The number of nitrogens with zero attached hydrogens (tertiary/aromatic N) is 2. The summed E-state index contributed by atoms with van der Waals surface area (Å²) in [6.45, 7) is 0. The second kappa shape index (κ2) is 13.2. The number of benzene rings is 9. The van der Waals surface area contributed by atoms with Crippen LogP contribution in [0.4, 0.5) is 0 Å². The molecule has 0 aliphatic carbocycles. The van der Waals surface area contributed by atoms with Crippen LogP contribution < -0.4 is 0 Å². The molecule has 0 spiro atoms. The van der Waals surface area contributed by atoms with E-state index < -0.39 is 0 Å². The van der Waals surface area contributed by atoms with Crippen molar-refractivity contribution in [2.24, 2.45) is 0 Å². The van der Waals surface area contributed by atoms with Gasteiger partial charge in [0, 0.05) is 32.9 Å². The van der Waals surface area contributed by atoms with E-state index in [2.05, 4.69) is 228 Å². The zero-order chi connectivity index (χ0) is 37.0. The van der Waals surface area contributed by atoms with Crippen LogP contribution in [0.5, 0.6) is 0 Å². The summed E-state index contributed by atoms with van der Waals surface area (Å²) in [5, 5.41) is 4.96. The molecule has 0 aliphatic rings. The van der Waals surface area contributed by atoms with Crippen LogP contribution in [0.3, 0.4) is 0 Å². The second-order valence-electron chi connectivity index (χ2n) is 14.6. The molecule has 0 aliphatic heterocycles. The Kier molecular flexibility index (Phi) is 7.53. The zero-order valence-corrected chi connectivity index (χ0v) is 30.7.